The third kappa shape index (κ3) is 3.46. The second-order valence-corrected chi connectivity index (χ2v) is 6.43. The van der Waals surface area contributed by atoms with Crippen LogP contribution in [0.5, 0.6) is 5.75 Å². The smallest absolute Gasteiger partial charge is 0.297 e. The predicted octanol–water partition coefficient (Wildman–Crippen LogP) is 2.68. The van der Waals surface area contributed by atoms with Gasteiger partial charge < -0.3 is 14.1 Å². The van der Waals surface area contributed by atoms with Crippen molar-refractivity contribution in [1.29, 1.82) is 0 Å². The third-order valence-corrected chi connectivity index (χ3v) is 4.52. The van der Waals surface area contributed by atoms with E-state index in [4.69, 9.17) is 9.15 Å². The molecule has 0 saturated carbocycles. The molecule has 0 aliphatic carbocycles. The molecule has 0 fully saturated rings. The highest BCUT2D eigenvalue weighted by Crippen LogP contribution is 2.23. The Morgan fingerprint density at radius 2 is 1.89 bits per heavy atom. The number of likely N-dealkylation sites (N-methyl/N-ethyl adjacent to an activating group) is 1. The molecule has 2 heterocycles. The minimum atomic E-state index is -0.372. The number of hydrogen-bond acceptors (Lipinski definition) is 5. The predicted molar refractivity (Wildman–Crippen MR) is 105 cm³/mol. The lowest BCUT2D eigenvalue weighted by Gasteiger charge is -2.18. The molecule has 1 amide bonds. The van der Waals surface area contributed by atoms with Gasteiger partial charge in [-0.15, -0.1) is 0 Å². The highest BCUT2D eigenvalue weighted by Gasteiger charge is 2.16. The lowest BCUT2D eigenvalue weighted by atomic mass is 10.2. The van der Waals surface area contributed by atoms with Gasteiger partial charge in [-0.3, -0.25) is 14.2 Å². The van der Waals surface area contributed by atoms with Crippen molar-refractivity contribution >= 4 is 28.0 Å². The Hall–Kier alpha value is -3.61. The highest BCUT2D eigenvalue weighted by molar-refractivity contribution is 6.01. The number of carbonyl (C=O) groups excluding carboxylic acids is 1. The molecule has 2 aromatic carbocycles. The van der Waals surface area contributed by atoms with E-state index < -0.39 is 0 Å². The monoisotopic (exact) mass is 377 g/mol. The van der Waals surface area contributed by atoms with Crippen LogP contribution in [0.25, 0.3) is 22.1 Å². The number of rotatable bonds is 6. The molecule has 28 heavy (non-hydrogen) atoms. The van der Waals surface area contributed by atoms with E-state index in [9.17, 15) is 9.59 Å². The molecule has 7 heteroatoms. The Labute approximate surface area is 160 Å². The van der Waals surface area contributed by atoms with Gasteiger partial charge >= 0.3 is 0 Å². The van der Waals surface area contributed by atoms with Crippen LogP contribution in [0, 0.1) is 0 Å². The van der Waals surface area contributed by atoms with Crippen molar-refractivity contribution in [2.24, 2.45) is 0 Å². The van der Waals surface area contributed by atoms with E-state index in [1.54, 1.807) is 13.1 Å². The second-order valence-electron chi connectivity index (χ2n) is 6.43. The summed E-state index contributed by atoms with van der Waals surface area (Å²) in [6.45, 7) is 0.658. The Morgan fingerprint density at radius 3 is 2.71 bits per heavy atom. The van der Waals surface area contributed by atoms with Gasteiger partial charge in [0.15, 0.2) is 0 Å². The van der Waals surface area contributed by atoms with Crippen molar-refractivity contribution in [3.63, 3.8) is 0 Å². The lowest BCUT2D eigenvalue weighted by Crippen LogP contribution is -2.36. The zero-order valence-corrected chi connectivity index (χ0v) is 15.4. The number of para-hydroxylation sites is 2. The van der Waals surface area contributed by atoms with Crippen molar-refractivity contribution in [1.82, 2.24) is 14.5 Å². The van der Waals surface area contributed by atoms with E-state index in [1.165, 1.54) is 15.8 Å². The molecule has 4 rings (SSSR count). The van der Waals surface area contributed by atoms with Gasteiger partial charge in [0.25, 0.3) is 5.56 Å². The van der Waals surface area contributed by atoms with E-state index >= 15 is 0 Å². The molecule has 7 nitrogen and oxygen atoms in total. The average Bonchev–Trinajstić information content (AvgIpc) is 3.10. The maximum Gasteiger partial charge on any atom is 0.297 e. The van der Waals surface area contributed by atoms with Gasteiger partial charge in [-0.2, -0.15) is 0 Å². The van der Waals surface area contributed by atoms with Crippen molar-refractivity contribution in [3.8, 4) is 5.75 Å². The summed E-state index contributed by atoms with van der Waals surface area (Å²) >= 11 is 0. The summed E-state index contributed by atoms with van der Waals surface area (Å²) in [6.07, 6.45) is 1.39. The van der Waals surface area contributed by atoms with Crippen LogP contribution in [0.3, 0.4) is 0 Å². The van der Waals surface area contributed by atoms with Crippen LogP contribution in [0.4, 0.5) is 0 Å². The SMILES string of the molecule is CN(CCOc1ccccc1)C(=O)Cn1cnc2c(oc3ccccc32)c1=O. The minimum Gasteiger partial charge on any atom is -0.492 e. The van der Waals surface area contributed by atoms with Crippen molar-refractivity contribution in [2.75, 3.05) is 20.2 Å². The molecule has 0 aliphatic heterocycles. The van der Waals surface area contributed by atoms with Crippen molar-refractivity contribution in [2.45, 2.75) is 6.54 Å². The fraction of sp³-hybridized carbons (Fsp3) is 0.190. The number of nitrogens with zero attached hydrogens (tertiary/aromatic N) is 3. The fourth-order valence-corrected chi connectivity index (χ4v) is 2.94. The van der Waals surface area contributed by atoms with Gasteiger partial charge in [0, 0.05) is 12.4 Å². The molecular formula is C21H19N3O4. The highest BCUT2D eigenvalue weighted by atomic mass is 16.5. The summed E-state index contributed by atoms with van der Waals surface area (Å²) in [5.74, 6) is 0.537. The standard InChI is InChI=1S/C21H19N3O4/c1-23(11-12-27-15-7-3-2-4-8-15)18(25)13-24-14-22-19-16-9-5-6-10-17(16)28-20(19)21(24)26/h2-10,14H,11-13H2,1H3. The molecule has 0 saturated heterocycles. The van der Waals surface area contributed by atoms with Crippen LogP contribution < -0.4 is 10.3 Å². The van der Waals surface area contributed by atoms with Crippen LogP contribution >= 0.6 is 0 Å². The van der Waals surface area contributed by atoms with Crippen LogP contribution in [0.1, 0.15) is 0 Å². The van der Waals surface area contributed by atoms with E-state index in [1.807, 2.05) is 48.5 Å². The number of hydrogen-bond donors (Lipinski definition) is 0. The van der Waals surface area contributed by atoms with E-state index in [-0.39, 0.29) is 23.6 Å². The largest absolute Gasteiger partial charge is 0.492 e. The second kappa shape index (κ2) is 7.56. The number of amides is 1. The van der Waals surface area contributed by atoms with Gasteiger partial charge in [-0.25, -0.2) is 4.98 Å². The van der Waals surface area contributed by atoms with E-state index in [2.05, 4.69) is 4.98 Å². The van der Waals surface area contributed by atoms with Gasteiger partial charge in [-0.05, 0) is 24.3 Å². The molecule has 0 spiro atoms. The Kier molecular flexibility index (Phi) is 4.80. The maximum atomic E-state index is 12.7. The van der Waals surface area contributed by atoms with Gasteiger partial charge in [0.2, 0.25) is 11.5 Å². The van der Waals surface area contributed by atoms with Crippen molar-refractivity contribution in [3.05, 3.63) is 71.3 Å². The molecule has 0 atom stereocenters. The molecule has 0 radical (unpaired) electrons. The minimum absolute atomic E-state index is 0.110. The number of carbonyl (C=O) groups is 1. The summed E-state index contributed by atoms with van der Waals surface area (Å²) in [5.41, 5.74) is 0.894. The molecule has 142 valence electrons. The number of fused-ring (bicyclic) bond motifs is 3. The van der Waals surface area contributed by atoms with E-state index in [0.717, 1.165) is 11.1 Å². The molecule has 0 unspecified atom stereocenters. The molecule has 0 N–H and O–H groups in total. The summed E-state index contributed by atoms with van der Waals surface area (Å²) in [7, 11) is 1.68. The van der Waals surface area contributed by atoms with Crippen molar-refractivity contribution < 1.29 is 13.9 Å². The van der Waals surface area contributed by atoms with Crippen LogP contribution in [0.2, 0.25) is 0 Å². The summed E-state index contributed by atoms with van der Waals surface area (Å²) in [6, 6.07) is 16.7. The summed E-state index contributed by atoms with van der Waals surface area (Å²) < 4.78 is 12.5. The molecule has 2 aromatic heterocycles. The fourth-order valence-electron chi connectivity index (χ4n) is 2.94. The first kappa shape index (κ1) is 17.8. The number of aromatic nitrogens is 2. The van der Waals surface area contributed by atoms with Gasteiger partial charge in [0.05, 0.1) is 12.9 Å². The Bertz CT molecular complexity index is 1180. The topological polar surface area (TPSA) is 77.6 Å². The number of ether oxygens (including phenoxy) is 1. The summed E-state index contributed by atoms with van der Waals surface area (Å²) in [4.78, 5) is 31.0. The van der Waals surface area contributed by atoms with E-state index in [0.29, 0.717) is 24.3 Å². The Morgan fingerprint density at radius 1 is 1.14 bits per heavy atom. The zero-order valence-electron chi connectivity index (χ0n) is 15.4. The normalized spacial score (nSPS) is 11.0. The van der Waals surface area contributed by atoms with Gasteiger partial charge in [0.1, 0.15) is 30.0 Å². The molecule has 0 aliphatic rings. The number of benzene rings is 2. The maximum absolute atomic E-state index is 12.7. The Balaban J connectivity index is 1.45. The number of furan rings is 1. The first-order valence-electron chi connectivity index (χ1n) is 8.92. The summed E-state index contributed by atoms with van der Waals surface area (Å²) in [5, 5.41) is 0.781. The third-order valence-electron chi connectivity index (χ3n) is 4.52. The van der Waals surface area contributed by atoms with Crippen LogP contribution in [-0.4, -0.2) is 40.6 Å². The average molecular weight is 377 g/mol. The van der Waals surface area contributed by atoms with Crippen LogP contribution in [-0.2, 0) is 11.3 Å². The zero-order chi connectivity index (χ0) is 19.5. The van der Waals surface area contributed by atoms with Crippen LogP contribution in [0.15, 0.2) is 70.1 Å². The molecule has 0 bridgehead atoms. The quantitative estimate of drug-likeness (QED) is 0.516. The first-order chi connectivity index (χ1) is 13.6. The van der Waals surface area contributed by atoms with Gasteiger partial charge in [-0.1, -0.05) is 30.3 Å². The molecular weight excluding hydrogens is 358 g/mol. The first-order valence-corrected chi connectivity index (χ1v) is 8.92. The molecule has 4 aromatic rings. The lowest BCUT2D eigenvalue weighted by molar-refractivity contribution is -0.130.